The second-order valence-corrected chi connectivity index (χ2v) is 8.68. The molecular weight excluding hydrogens is 440 g/mol. The van der Waals surface area contributed by atoms with Crippen LogP contribution in [-0.4, -0.2) is 35.0 Å². The van der Waals surface area contributed by atoms with E-state index in [2.05, 4.69) is 12.2 Å². The van der Waals surface area contributed by atoms with E-state index in [1.807, 2.05) is 77.4 Å². The number of imidazole rings is 1. The van der Waals surface area contributed by atoms with Gasteiger partial charge in [-0.1, -0.05) is 43.3 Å². The van der Waals surface area contributed by atoms with Crippen LogP contribution in [-0.2, 0) is 22.4 Å². The van der Waals surface area contributed by atoms with Crippen LogP contribution in [0.1, 0.15) is 30.5 Å². The highest BCUT2D eigenvalue weighted by Gasteiger charge is 2.40. The van der Waals surface area contributed by atoms with E-state index in [4.69, 9.17) is 9.72 Å². The van der Waals surface area contributed by atoms with Gasteiger partial charge in [0.1, 0.15) is 11.8 Å². The van der Waals surface area contributed by atoms with Gasteiger partial charge in [-0.25, -0.2) is 4.98 Å². The number of aryl methyl sites for hydroxylation is 1. The molecule has 2 heterocycles. The van der Waals surface area contributed by atoms with Crippen LogP contribution in [0.25, 0.3) is 11.0 Å². The summed E-state index contributed by atoms with van der Waals surface area (Å²) in [7, 11) is 1.64. The normalized spacial score (nSPS) is 14.9. The lowest BCUT2D eigenvalue weighted by Crippen LogP contribution is -2.33. The van der Waals surface area contributed by atoms with Crippen molar-refractivity contribution >= 4 is 34.5 Å². The van der Waals surface area contributed by atoms with Crippen LogP contribution < -0.4 is 15.0 Å². The van der Waals surface area contributed by atoms with Gasteiger partial charge in [-0.15, -0.1) is 0 Å². The maximum Gasteiger partial charge on any atom is 0.253 e. The van der Waals surface area contributed by atoms with Gasteiger partial charge in [0.25, 0.3) is 5.91 Å². The number of hydrogen-bond acceptors (Lipinski definition) is 4. The van der Waals surface area contributed by atoms with Crippen LogP contribution in [0.5, 0.6) is 5.75 Å². The van der Waals surface area contributed by atoms with Crippen molar-refractivity contribution in [2.75, 3.05) is 23.9 Å². The largest absolute Gasteiger partial charge is 0.497 e. The highest BCUT2D eigenvalue weighted by molar-refractivity contribution is 6.05. The van der Waals surface area contributed by atoms with Gasteiger partial charge in [0.2, 0.25) is 11.9 Å². The molecule has 0 bridgehead atoms. The molecule has 7 heteroatoms. The van der Waals surface area contributed by atoms with Crippen molar-refractivity contribution < 1.29 is 14.3 Å². The van der Waals surface area contributed by atoms with Gasteiger partial charge in [-0.05, 0) is 60.4 Å². The highest BCUT2D eigenvalue weighted by atomic mass is 16.5. The molecule has 0 aliphatic carbocycles. The van der Waals surface area contributed by atoms with E-state index in [0.717, 1.165) is 34.5 Å². The monoisotopic (exact) mass is 468 g/mol. The number of ether oxygens (including phenoxy) is 1. The maximum absolute atomic E-state index is 13.5. The molecule has 1 N–H and O–H groups in total. The molecule has 1 aliphatic rings. The second-order valence-electron chi connectivity index (χ2n) is 8.68. The summed E-state index contributed by atoms with van der Waals surface area (Å²) in [6, 6.07) is 22.7. The second kappa shape index (κ2) is 9.62. The number of para-hydroxylation sites is 2. The van der Waals surface area contributed by atoms with E-state index >= 15 is 0 Å². The minimum absolute atomic E-state index is 0.0424. The van der Waals surface area contributed by atoms with E-state index in [-0.39, 0.29) is 18.2 Å². The van der Waals surface area contributed by atoms with Crippen LogP contribution in [0.3, 0.4) is 0 Å². The minimum Gasteiger partial charge on any atom is -0.497 e. The molecule has 1 aliphatic heterocycles. The van der Waals surface area contributed by atoms with Gasteiger partial charge in [0, 0.05) is 12.2 Å². The van der Waals surface area contributed by atoms with Gasteiger partial charge in [-0.2, -0.15) is 0 Å². The van der Waals surface area contributed by atoms with Crippen molar-refractivity contribution in [3.63, 3.8) is 0 Å². The average Bonchev–Trinajstić information content (AvgIpc) is 3.38. The van der Waals surface area contributed by atoms with Crippen LogP contribution >= 0.6 is 0 Å². The van der Waals surface area contributed by atoms with E-state index in [1.54, 1.807) is 12.0 Å². The first-order valence-electron chi connectivity index (χ1n) is 11.9. The first-order valence-corrected chi connectivity index (χ1v) is 11.9. The fraction of sp³-hybridized carbons (Fsp3) is 0.250. The Morgan fingerprint density at radius 3 is 2.43 bits per heavy atom. The highest BCUT2D eigenvalue weighted by Crippen LogP contribution is 2.36. The van der Waals surface area contributed by atoms with Gasteiger partial charge in [0.05, 0.1) is 24.6 Å². The SMILES string of the molecule is CCc1ccc(NC(=O)C[C@@H]2C(=O)N(CCc3ccc(OC)cc3)c3nc4ccccc4n32)cc1. The number of nitrogens with zero attached hydrogens (tertiary/aromatic N) is 3. The number of carbonyl (C=O) groups excluding carboxylic acids is 2. The summed E-state index contributed by atoms with van der Waals surface area (Å²) in [6.45, 7) is 2.57. The summed E-state index contributed by atoms with van der Waals surface area (Å²) >= 11 is 0. The maximum atomic E-state index is 13.5. The van der Waals surface area contributed by atoms with Crippen molar-refractivity contribution in [3.05, 3.63) is 83.9 Å². The van der Waals surface area contributed by atoms with Crippen LogP contribution in [0.15, 0.2) is 72.8 Å². The first kappa shape index (κ1) is 22.7. The molecule has 0 radical (unpaired) electrons. The quantitative estimate of drug-likeness (QED) is 0.404. The number of amides is 2. The Morgan fingerprint density at radius 2 is 1.71 bits per heavy atom. The number of aromatic nitrogens is 2. The Labute approximate surface area is 204 Å². The molecule has 3 aromatic carbocycles. The molecule has 0 fully saturated rings. The summed E-state index contributed by atoms with van der Waals surface area (Å²) in [5, 5.41) is 2.94. The summed E-state index contributed by atoms with van der Waals surface area (Å²) in [5.74, 6) is 1.08. The smallest absolute Gasteiger partial charge is 0.253 e. The summed E-state index contributed by atoms with van der Waals surface area (Å²) < 4.78 is 7.14. The molecule has 0 spiro atoms. The number of hydrogen-bond donors (Lipinski definition) is 1. The Hall–Kier alpha value is -4.13. The van der Waals surface area contributed by atoms with E-state index < -0.39 is 6.04 Å². The number of methoxy groups -OCH3 is 1. The van der Waals surface area contributed by atoms with Crippen molar-refractivity contribution in [2.24, 2.45) is 0 Å². The summed E-state index contributed by atoms with van der Waals surface area (Å²) in [5.41, 5.74) is 4.69. The average molecular weight is 469 g/mol. The van der Waals surface area contributed by atoms with Crippen LogP contribution in [0.2, 0.25) is 0 Å². The zero-order valence-corrected chi connectivity index (χ0v) is 19.9. The lowest BCUT2D eigenvalue weighted by atomic mass is 10.1. The number of benzene rings is 3. The molecule has 35 heavy (non-hydrogen) atoms. The molecule has 7 nitrogen and oxygen atoms in total. The van der Waals surface area contributed by atoms with Gasteiger partial charge in [-0.3, -0.25) is 19.1 Å². The van der Waals surface area contributed by atoms with E-state index in [1.165, 1.54) is 5.56 Å². The number of fused-ring (bicyclic) bond motifs is 3. The molecule has 4 aromatic rings. The molecule has 178 valence electrons. The van der Waals surface area contributed by atoms with Gasteiger partial charge < -0.3 is 10.1 Å². The Balaban J connectivity index is 1.37. The molecule has 1 atom stereocenters. The van der Waals surface area contributed by atoms with E-state index in [0.29, 0.717) is 18.9 Å². The predicted octanol–water partition coefficient (Wildman–Crippen LogP) is 4.77. The van der Waals surface area contributed by atoms with Gasteiger partial charge in [0.15, 0.2) is 0 Å². The molecule has 1 aromatic heterocycles. The molecular formula is C28H28N4O3. The zero-order valence-electron chi connectivity index (χ0n) is 19.9. The number of nitrogens with one attached hydrogen (secondary N) is 1. The minimum atomic E-state index is -0.636. The fourth-order valence-electron chi connectivity index (χ4n) is 4.55. The standard InChI is InChI=1S/C28H28N4O3/c1-3-19-8-12-21(13-9-19)29-26(33)18-25-27(34)31(17-16-20-10-14-22(35-2)15-11-20)28-30-23-6-4-5-7-24(23)32(25)28/h4-15,25H,3,16-18H2,1-2H3,(H,29,33)/t25-/m1/s1. The third-order valence-corrected chi connectivity index (χ3v) is 6.49. The van der Waals surface area contributed by atoms with Gasteiger partial charge >= 0.3 is 0 Å². The Kier molecular flexibility index (Phi) is 6.23. The number of rotatable bonds is 8. The van der Waals surface area contributed by atoms with Crippen molar-refractivity contribution in [1.82, 2.24) is 9.55 Å². The van der Waals surface area contributed by atoms with Crippen molar-refractivity contribution in [1.29, 1.82) is 0 Å². The first-order chi connectivity index (χ1) is 17.1. The van der Waals surface area contributed by atoms with E-state index in [9.17, 15) is 9.59 Å². The summed E-state index contributed by atoms with van der Waals surface area (Å²) in [4.78, 5) is 32.9. The van der Waals surface area contributed by atoms with Crippen LogP contribution in [0.4, 0.5) is 11.6 Å². The lowest BCUT2D eigenvalue weighted by Gasteiger charge is -2.16. The number of carbonyl (C=O) groups is 2. The Morgan fingerprint density at radius 1 is 1.00 bits per heavy atom. The molecule has 0 saturated carbocycles. The van der Waals surface area contributed by atoms with Crippen LogP contribution in [0, 0.1) is 0 Å². The molecule has 0 saturated heterocycles. The molecule has 5 rings (SSSR count). The summed E-state index contributed by atoms with van der Waals surface area (Å²) in [6.07, 6.45) is 1.65. The van der Waals surface area contributed by atoms with Crippen molar-refractivity contribution in [3.8, 4) is 5.75 Å². The Bertz CT molecular complexity index is 1360. The predicted molar refractivity (Wildman–Crippen MR) is 137 cm³/mol. The number of anilines is 2. The topological polar surface area (TPSA) is 76.5 Å². The molecule has 0 unspecified atom stereocenters. The fourth-order valence-corrected chi connectivity index (χ4v) is 4.55. The third kappa shape index (κ3) is 4.49. The zero-order chi connectivity index (χ0) is 24.4. The lowest BCUT2D eigenvalue weighted by molar-refractivity contribution is -0.124. The third-order valence-electron chi connectivity index (χ3n) is 6.49. The van der Waals surface area contributed by atoms with Crippen molar-refractivity contribution in [2.45, 2.75) is 32.2 Å². The molecule has 2 amide bonds.